The van der Waals surface area contributed by atoms with Crippen LogP contribution in [0.25, 0.3) is 11.8 Å². The molecule has 2 aromatic rings. The van der Waals surface area contributed by atoms with Crippen molar-refractivity contribution >= 4 is 40.6 Å². The molecule has 2 amide bonds. The van der Waals surface area contributed by atoms with Gasteiger partial charge in [0.15, 0.2) is 0 Å². The molecule has 7 heteroatoms. The molecule has 5 nitrogen and oxygen atoms in total. The average Bonchev–Trinajstić information content (AvgIpc) is 3.05. The number of halogens is 1. The van der Waals surface area contributed by atoms with Gasteiger partial charge in [0.1, 0.15) is 5.75 Å². The lowest BCUT2D eigenvalue weighted by atomic mass is 10.2. The number of benzene rings is 1. The predicted molar refractivity (Wildman–Crippen MR) is 108 cm³/mol. The van der Waals surface area contributed by atoms with Gasteiger partial charge in [-0.15, -0.1) is 6.42 Å². The minimum Gasteiger partial charge on any atom is -0.495 e. The molecule has 27 heavy (non-hydrogen) atoms. The number of rotatable bonds is 4. The third-order valence-electron chi connectivity index (χ3n) is 4.26. The second kappa shape index (κ2) is 7.55. The van der Waals surface area contributed by atoms with Crippen LogP contribution in [0.2, 0.25) is 5.02 Å². The highest BCUT2D eigenvalue weighted by Crippen LogP contribution is 2.35. The Hall–Kier alpha value is -2.62. The van der Waals surface area contributed by atoms with E-state index in [9.17, 15) is 9.59 Å². The standard InChI is InChI=1S/C20H17ClN2O3S/c1-5-8-22-19(24)18(27-20(22)25)10-14-9-12(2)23(13(14)3)16-11-15(21)6-7-17(16)26-4/h1,6-7,9-11H,8H2,2-4H3/b18-10+. The van der Waals surface area contributed by atoms with Crippen LogP contribution < -0.4 is 4.74 Å². The second-order valence-corrected chi connectivity index (χ2v) is 7.38. The van der Waals surface area contributed by atoms with Crippen molar-refractivity contribution in [3.8, 4) is 23.8 Å². The average molecular weight is 401 g/mol. The number of nitrogens with zero attached hydrogens (tertiary/aromatic N) is 2. The maximum Gasteiger partial charge on any atom is 0.294 e. The first-order valence-electron chi connectivity index (χ1n) is 8.09. The molecule has 1 fully saturated rings. The van der Waals surface area contributed by atoms with Gasteiger partial charge in [0.25, 0.3) is 11.1 Å². The molecule has 0 aliphatic carbocycles. The van der Waals surface area contributed by atoms with Crippen LogP contribution in [-0.4, -0.2) is 34.3 Å². The molecule has 0 atom stereocenters. The first-order valence-corrected chi connectivity index (χ1v) is 9.28. The first kappa shape index (κ1) is 19.2. The maximum absolute atomic E-state index is 12.4. The van der Waals surface area contributed by atoms with Crippen LogP contribution in [0, 0.1) is 26.2 Å². The smallest absolute Gasteiger partial charge is 0.294 e. The molecule has 1 saturated heterocycles. The van der Waals surface area contributed by atoms with Gasteiger partial charge in [0.2, 0.25) is 0 Å². The van der Waals surface area contributed by atoms with Crippen LogP contribution in [0.1, 0.15) is 17.0 Å². The summed E-state index contributed by atoms with van der Waals surface area (Å²) in [6.45, 7) is 3.86. The van der Waals surface area contributed by atoms with Gasteiger partial charge in [-0.3, -0.25) is 14.5 Å². The van der Waals surface area contributed by atoms with E-state index in [1.807, 2.05) is 30.5 Å². The second-order valence-electron chi connectivity index (χ2n) is 5.95. The monoisotopic (exact) mass is 400 g/mol. The summed E-state index contributed by atoms with van der Waals surface area (Å²) in [7, 11) is 1.60. The fourth-order valence-electron chi connectivity index (χ4n) is 3.01. The number of ether oxygens (including phenoxy) is 1. The summed E-state index contributed by atoms with van der Waals surface area (Å²) in [5.41, 5.74) is 3.49. The van der Waals surface area contributed by atoms with Crippen molar-refractivity contribution in [1.82, 2.24) is 9.47 Å². The van der Waals surface area contributed by atoms with E-state index < -0.39 is 0 Å². The number of terminal acetylenes is 1. The molecule has 1 aromatic heterocycles. The molecule has 0 saturated carbocycles. The lowest BCUT2D eigenvalue weighted by Gasteiger charge is -2.14. The zero-order valence-corrected chi connectivity index (χ0v) is 16.6. The normalized spacial score (nSPS) is 15.5. The Morgan fingerprint density at radius 1 is 1.30 bits per heavy atom. The maximum atomic E-state index is 12.4. The number of thioether (sulfide) groups is 1. The number of methoxy groups -OCH3 is 1. The Morgan fingerprint density at radius 2 is 2.04 bits per heavy atom. The molecule has 2 heterocycles. The fourth-order valence-corrected chi connectivity index (χ4v) is 4.01. The van der Waals surface area contributed by atoms with Gasteiger partial charge in [0, 0.05) is 16.4 Å². The number of aromatic nitrogens is 1. The highest BCUT2D eigenvalue weighted by Gasteiger charge is 2.34. The molecule has 3 rings (SSSR count). The quantitative estimate of drug-likeness (QED) is 0.563. The Labute approximate surface area is 166 Å². The molecule has 0 unspecified atom stereocenters. The lowest BCUT2D eigenvalue weighted by Crippen LogP contribution is -2.28. The molecule has 0 radical (unpaired) electrons. The number of hydrogen-bond acceptors (Lipinski definition) is 4. The third kappa shape index (κ3) is 3.48. The van der Waals surface area contributed by atoms with Crippen molar-refractivity contribution in [2.75, 3.05) is 13.7 Å². The van der Waals surface area contributed by atoms with Gasteiger partial charge in [-0.2, -0.15) is 0 Å². The summed E-state index contributed by atoms with van der Waals surface area (Å²) in [5, 5.41) is 0.241. The Kier molecular flexibility index (Phi) is 5.36. The van der Waals surface area contributed by atoms with Gasteiger partial charge in [0.05, 0.1) is 24.2 Å². The number of carbonyl (C=O) groups excluding carboxylic acids is 2. The van der Waals surface area contributed by atoms with Crippen LogP contribution in [0.3, 0.4) is 0 Å². The number of aryl methyl sites for hydroxylation is 1. The molecule has 1 aliphatic heterocycles. The largest absolute Gasteiger partial charge is 0.495 e. The van der Waals surface area contributed by atoms with Crippen LogP contribution in [0.15, 0.2) is 29.2 Å². The van der Waals surface area contributed by atoms with Crippen molar-refractivity contribution < 1.29 is 14.3 Å². The van der Waals surface area contributed by atoms with E-state index in [0.29, 0.717) is 15.7 Å². The van der Waals surface area contributed by atoms with Crippen molar-refractivity contribution in [3.63, 3.8) is 0 Å². The number of amides is 2. The Bertz CT molecular complexity index is 1020. The zero-order valence-electron chi connectivity index (χ0n) is 15.1. The lowest BCUT2D eigenvalue weighted by molar-refractivity contribution is -0.122. The number of carbonyl (C=O) groups is 2. The summed E-state index contributed by atoms with van der Waals surface area (Å²) in [5.74, 6) is 2.65. The van der Waals surface area contributed by atoms with E-state index in [1.54, 1.807) is 25.3 Å². The first-order chi connectivity index (χ1) is 12.9. The molecular weight excluding hydrogens is 384 g/mol. The van der Waals surface area contributed by atoms with Gasteiger partial charge in [-0.05, 0) is 61.5 Å². The van der Waals surface area contributed by atoms with Crippen LogP contribution in [-0.2, 0) is 4.79 Å². The molecule has 1 aromatic carbocycles. The van der Waals surface area contributed by atoms with E-state index in [1.165, 1.54) is 0 Å². The van der Waals surface area contributed by atoms with Crippen molar-refractivity contribution in [2.45, 2.75) is 13.8 Å². The van der Waals surface area contributed by atoms with Crippen molar-refractivity contribution in [1.29, 1.82) is 0 Å². The summed E-state index contributed by atoms with van der Waals surface area (Å²) in [6.07, 6.45) is 6.95. The predicted octanol–water partition coefficient (Wildman–Crippen LogP) is 4.43. The topological polar surface area (TPSA) is 51.5 Å². The highest BCUT2D eigenvalue weighted by molar-refractivity contribution is 8.18. The van der Waals surface area contributed by atoms with E-state index in [0.717, 1.165) is 39.3 Å². The minimum absolute atomic E-state index is 0.0270. The zero-order chi connectivity index (χ0) is 19.7. The molecule has 0 spiro atoms. The molecular formula is C20H17ClN2O3S. The minimum atomic E-state index is -0.368. The highest BCUT2D eigenvalue weighted by atomic mass is 35.5. The molecule has 138 valence electrons. The van der Waals surface area contributed by atoms with E-state index >= 15 is 0 Å². The van der Waals surface area contributed by atoms with Crippen LogP contribution >= 0.6 is 23.4 Å². The van der Waals surface area contributed by atoms with E-state index in [4.69, 9.17) is 22.8 Å². The molecule has 1 aliphatic rings. The number of imide groups is 1. The van der Waals surface area contributed by atoms with Gasteiger partial charge in [-0.1, -0.05) is 17.5 Å². The summed E-state index contributed by atoms with van der Waals surface area (Å²) < 4.78 is 7.46. The summed E-state index contributed by atoms with van der Waals surface area (Å²) >= 11 is 7.06. The third-order valence-corrected chi connectivity index (χ3v) is 5.40. The SMILES string of the molecule is C#CCN1C(=O)S/C(=C/c2cc(C)n(-c3cc(Cl)ccc3OC)c2C)C1=O. The van der Waals surface area contributed by atoms with Gasteiger partial charge in [-0.25, -0.2) is 0 Å². The van der Waals surface area contributed by atoms with Crippen LogP contribution in [0.5, 0.6) is 5.75 Å². The van der Waals surface area contributed by atoms with E-state index in [-0.39, 0.29) is 17.7 Å². The van der Waals surface area contributed by atoms with Gasteiger partial charge < -0.3 is 9.30 Å². The molecule has 0 bridgehead atoms. The Morgan fingerprint density at radius 3 is 2.70 bits per heavy atom. The molecule has 0 N–H and O–H groups in total. The summed E-state index contributed by atoms with van der Waals surface area (Å²) in [4.78, 5) is 25.8. The Balaban J connectivity index is 2.06. The fraction of sp³-hybridized carbons (Fsp3) is 0.200. The van der Waals surface area contributed by atoms with Crippen LogP contribution in [0.4, 0.5) is 4.79 Å². The van der Waals surface area contributed by atoms with Gasteiger partial charge >= 0.3 is 0 Å². The van der Waals surface area contributed by atoms with E-state index in [2.05, 4.69) is 5.92 Å². The summed E-state index contributed by atoms with van der Waals surface area (Å²) in [6, 6.07) is 7.34. The number of hydrogen-bond donors (Lipinski definition) is 0. The van der Waals surface area contributed by atoms with Crippen molar-refractivity contribution in [3.05, 3.63) is 51.1 Å². The van der Waals surface area contributed by atoms with Crippen molar-refractivity contribution in [2.24, 2.45) is 0 Å².